The molecule has 0 radical (unpaired) electrons. The predicted molar refractivity (Wildman–Crippen MR) is 87.6 cm³/mol. The van der Waals surface area contributed by atoms with E-state index >= 15 is 0 Å². The highest BCUT2D eigenvalue weighted by atomic mass is 35.5. The van der Waals surface area contributed by atoms with E-state index in [9.17, 15) is 4.79 Å². The van der Waals surface area contributed by atoms with Gasteiger partial charge < -0.3 is 10.6 Å². The lowest BCUT2D eigenvalue weighted by Crippen LogP contribution is -2.54. The molecule has 5 nitrogen and oxygen atoms in total. The van der Waals surface area contributed by atoms with E-state index < -0.39 is 0 Å². The summed E-state index contributed by atoms with van der Waals surface area (Å²) in [6, 6.07) is 1.77. The molecule has 1 aromatic rings. The zero-order valence-corrected chi connectivity index (χ0v) is 13.5. The number of thiocarbonyl (C=S) groups is 1. The largest absolute Gasteiger partial charge is 0.392 e. The molecule has 1 aliphatic heterocycles. The Morgan fingerprint density at radius 1 is 1.48 bits per heavy atom. The molecule has 0 saturated carbocycles. The van der Waals surface area contributed by atoms with Gasteiger partial charge in [-0.1, -0.05) is 30.7 Å². The van der Waals surface area contributed by atoms with Gasteiger partial charge in [-0.3, -0.25) is 14.7 Å². The van der Waals surface area contributed by atoms with Crippen LogP contribution in [-0.2, 0) is 0 Å². The topological polar surface area (TPSA) is 62.5 Å². The fourth-order valence-electron chi connectivity index (χ4n) is 2.59. The lowest BCUT2D eigenvalue weighted by atomic mass is 10.1. The first-order chi connectivity index (χ1) is 10.0. The predicted octanol–water partition coefficient (Wildman–Crippen LogP) is 1.56. The maximum Gasteiger partial charge on any atom is 0.255 e. The van der Waals surface area contributed by atoms with Crippen molar-refractivity contribution in [2.45, 2.75) is 19.4 Å². The fourth-order valence-corrected chi connectivity index (χ4v) is 3.11. The van der Waals surface area contributed by atoms with Crippen LogP contribution >= 0.6 is 23.8 Å². The summed E-state index contributed by atoms with van der Waals surface area (Å²) in [5, 5.41) is 0.388. The molecule has 1 aliphatic rings. The summed E-state index contributed by atoms with van der Waals surface area (Å²) >= 11 is 11.1. The van der Waals surface area contributed by atoms with Crippen molar-refractivity contribution in [2.75, 3.05) is 26.2 Å². The molecule has 2 N–H and O–H groups in total. The van der Waals surface area contributed by atoms with Gasteiger partial charge in [-0.05, 0) is 12.5 Å². The van der Waals surface area contributed by atoms with Crippen molar-refractivity contribution >= 4 is 34.7 Å². The lowest BCUT2D eigenvalue weighted by Gasteiger charge is -2.38. The Morgan fingerprint density at radius 3 is 2.67 bits per heavy atom. The number of carbonyl (C=O) groups excluding carboxylic acids is 1. The van der Waals surface area contributed by atoms with E-state index in [4.69, 9.17) is 29.6 Å². The number of halogens is 1. The number of nitrogens with two attached hydrogens (primary N) is 1. The van der Waals surface area contributed by atoms with Gasteiger partial charge in [0.15, 0.2) is 0 Å². The number of hydrogen-bond donors (Lipinski definition) is 1. The van der Waals surface area contributed by atoms with E-state index in [0.29, 0.717) is 28.7 Å². The number of piperazine rings is 1. The second-order valence-electron chi connectivity index (χ2n) is 5.01. The van der Waals surface area contributed by atoms with Gasteiger partial charge in [0.05, 0.1) is 21.6 Å². The van der Waals surface area contributed by atoms with Crippen molar-refractivity contribution in [2.24, 2.45) is 5.73 Å². The third-order valence-electron chi connectivity index (χ3n) is 3.76. The Kier molecular flexibility index (Phi) is 5.50. The molecule has 0 spiro atoms. The number of carbonyl (C=O) groups is 1. The van der Waals surface area contributed by atoms with Gasteiger partial charge in [0.1, 0.15) is 0 Å². The molecule has 2 rings (SSSR count). The van der Waals surface area contributed by atoms with Crippen LogP contribution < -0.4 is 5.73 Å². The normalized spacial score (nSPS) is 17.5. The number of nitrogens with zero attached hydrogens (tertiary/aromatic N) is 3. The maximum absolute atomic E-state index is 12.4. The molecule has 1 aromatic heterocycles. The molecule has 7 heteroatoms. The standard InChI is InChI=1S/C14H19ClN4OS/c1-2-12(13(16)21)18-5-7-19(8-6-18)14(20)10-3-4-17-9-11(10)15/h3-4,9,12H,2,5-8H2,1H3,(H2,16,21). The summed E-state index contributed by atoms with van der Waals surface area (Å²) in [6.07, 6.45) is 3.96. The van der Waals surface area contributed by atoms with Gasteiger partial charge in [-0.15, -0.1) is 0 Å². The minimum absolute atomic E-state index is 0.0505. The first kappa shape index (κ1) is 16.1. The number of pyridine rings is 1. The number of aromatic nitrogens is 1. The van der Waals surface area contributed by atoms with Crippen LogP contribution in [0.5, 0.6) is 0 Å². The summed E-state index contributed by atoms with van der Waals surface area (Å²) in [6.45, 7) is 4.90. The van der Waals surface area contributed by atoms with Gasteiger partial charge in [-0.2, -0.15) is 0 Å². The average molecular weight is 327 g/mol. The smallest absolute Gasteiger partial charge is 0.255 e. The molecule has 2 heterocycles. The van der Waals surface area contributed by atoms with Crippen LogP contribution in [0.15, 0.2) is 18.5 Å². The minimum atomic E-state index is -0.0505. The van der Waals surface area contributed by atoms with Crippen LogP contribution in [0.1, 0.15) is 23.7 Å². The Labute approximate surface area is 135 Å². The molecule has 1 fully saturated rings. The molecule has 1 amide bonds. The van der Waals surface area contributed by atoms with Crippen molar-refractivity contribution in [1.29, 1.82) is 0 Å². The Bertz CT molecular complexity index is 531. The van der Waals surface area contributed by atoms with E-state index in [1.165, 1.54) is 6.20 Å². The second-order valence-corrected chi connectivity index (χ2v) is 5.89. The summed E-state index contributed by atoms with van der Waals surface area (Å²) in [5.41, 5.74) is 6.27. The quantitative estimate of drug-likeness (QED) is 0.851. The molecule has 0 bridgehead atoms. The molecule has 0 aromatic carbocycles. The van der Waals surface area contributed by atoms with Crippen molar-refractivity contribution in [1.82, 2.24) is 14.8 Å². The zero-order chi connectivity index (χ0) is 15.4. The number of amides is 1. The molecule has 0 aliphatic carbocycles. The van der Waals surface area contributed by atoms with Gasteiger partial charge in [0.2, 0.25) is 0 Å². The van der Waals surface area contributed by atoms with Crippen LogP contribution in [0.3, 0.4) is 0 Å². The first-order valence-corrected chi connectivity index (χ1v) is 7.75. The van der Waals surface area contributed by atoms with Gasteiger partial charge >= 0.3 is 0 Å². The molecule has 114 valence electrons. The summed E-state index contributed by atoms with van der Waals surface area (Å²) in [4.78, 5) is 20.9. The zero-order valence-electron chi connectivity index (χ0n) is 12.0. The first-order valence-electron chi connectivity index (χ1n) is 6.96. The second kappa shape index (κ2) is 7.15. The average Bonchev–Trinajstić information content (AvgIpc) is 2.48. The molecular weight excluding hydrogens is 308 g/mol. The summed E-state index contributed by atoms with van der Waals surface area (Å²) < 4.78 is 0. The Balaban J connectivity index is 2.00. The Hall–Kier alpha value is -1.24. The number of hydrogen-bond acceptors (Lipinski definition) is 4. The minimum Gasteiger partial charge on any atom is -0.392 e. The fraction of sp³-hybridized carbons (Fsp3) is 0.500. The van der Waals surface area contributed by atoms with Crippen LogP contribution in [-0.4, -0.2) is 57.9 Å². The molecule has 1 unspecified atom stereocenters. The molecule has 21 heavy (non-hydrogen) atoms. The van der Waals surface area contributed by atoms with Gasteiger partial charge in [-0.25, -0.2) is 0 Å². The monoisotopic (exact) mass is 326 g/mol. The van der Waals surface area contributed by atoms with Crippen molar-refractivity contribution in [3.05, 3.63) is 29.0 Å². The van der Waals surface area contributed by atoms with E-state index in [1.54, 1.807) is 12.3 Å². The van der Waals surface area contributed by atoms with Crippen LogP contribution in [0.2, 0.25) is 5.02 Å². The van der Waals surface area contributed by atoms with Crippen molar-refractivity contribution in [3.63, 3.8) is 0 Å². The van der Waals surface area contributed by atoms with Crippen molar-refractivity contribution in [3.8, 4) is 0 Å². The van der Waals surface area contributed by atoms with Gasteiger partial charge in [0, 0.05) is 38.6 Å². The van der Waals surface area contributed by atoms with E-state index in [0.717, 1.165) is 19.5 Å². The number of rotatable bonds is 4. The van der Waals surface area contributed by atoms with E-state index in [2.05, 4.69) is 16.8 Å². The SMILES string of the molecule is CCC(C(N)=S)N1CCN(C(=O)c2ccncc2Cl)CC1. The third-order valence-corrected chi connectivity index (χ3v) is 4.33. The highest BCUT2D eigenvalue weighted by Gasteiger charge is 2.27. The highest BCUT2D eigenvalue weighted by Crippen LogP contribution is 2.18. The van der Waals surface area contributed by atoms with Crippen LogP contribution in [0.25, 0.3) is 0 Å². The summed E-state index contributed by atoms with van der Waals surface area (Å²) in [7, 11) is 0. The van der Waals surface area contributed by atoms with Gasteiger partial charge in [0.25, 0.3) is 5.91 Å². The van der Waals surface area contributed by atoms with Crippen LogP contribution in [0.4, 0.5) is 0 Å². The third kappa shape index (κ3) is 3.70. The van der Waals surface area contributed by atoms with E-state index in [-0.39, 0.29) is 11.9 Å². The van der Waals surface area contributed by atoms with E-state index in [1.807, 2.05) is 4.90 Å². The Morgan fingerprint density at radius 2 is 2.14 bits per heavy atom. The maximum atomic E-state index is 12.4. The lowest BCUT2D eigenvalue weighted by molar-refractivity contribution is 0.0612. The highest BCUT2D eigenvalue weighted by molar-refractivity contribution is 7.80. The molecule has 1 atom stereocenters. The van der Waals surface area contributed by atoms with Crippen LogP contribution in [0, 0.1) is 0 Å². The molecule has 1 saturated heterocycles. The van der Waals surface area contributed by atoms with Crippen molar-refractivity contribution < 1.29 is 4.79 Å². The summed E-state index contributed by atoms with van der Waals surface area (Å²) in [5.74, 6) is -0.0505. The molecular formula is C14H19ClN4OS.